The molecule has 0 bridgehead atoms. The molecule has 2 aliphatic rings. The van der Waals surface area contributed by atoms with Crippen molar-refractivity contribution in [3.05, 3.63) is 0 Å². The maximum atomic E-state index is 11.4. The third-order valence-electron chi connectivity index (χ3n) is 3.26. The maximum absolute atomic E-state index is 11.4. The van der Waals surface area contributed by atoms with Crippen molar-refractivity contribution in [3.63, 3.8) is 0 Å². The van der Waals surface area contributed by atoms with Gasteiger partial charge in [0.2, 0.25) is 5.91 Å². The fourth-order valence-electron chi connectivity index (χ4n) is 1.80. The van der Waals surface area contributed by atoms with Crippen LogP contribution >= 0.6 is 0 Å². The molecule has 4 heteroatoms. The van der Waals surface area contributed by atoms with Crippen LogP contribution in [0.15, 0.2) is 0 Å². The molecule has 0 aromatic rings. The summed E-state index contributed by atoms with van der Waals surface area (Å²) in [5.74, 6) is -0.250. The molecule has 2 N–H and O–H groups in total. The number of aliphatic carboxylic acids is 1. The van der Waals surface area contributed by atoms with Crippen molar-refractivity contribution in [2.45, 2.75) is 19.8 Å². The van der Waals surface area contributed by atoms with E-state index in [1.165, 1.54) is 6.42 Å². The summed E-state index contributed by atoms with van der Waals surface area (Å²) in [6, 6.07) is 0. The molecular weight excluding hydrogens is 182 g/mol. The molecule has 0 spiro atoms. The molecule has 0 saturated heterocycles. The molecule has 0 aliphatic heterocycles. The van der Waals surface area contributed by atoms with Gasteiger partial charge in [0.1, 0.15) is 0 Å². The van der Waals surface area contributed by atoms with Gasteiger partial charge < -0.3 is 10.4 Å². The first-order chi connectivity index (χ1) is 6.59. The number of hydrogen-bond acceptors (Lipinski definition) is 2. The Morgan fingerprint density at radius 2 is 2.00 bits per heavy atom. The van der Waals surface area contributed by atoms with E-state index in [0.29, 0.717) is 12.3 Å². The maximum Gasteiger partial charge on any atom is 0.307 e. The molecule has 14 heavy (non-hydrogen) atoms. The Balaban J connectivity index is 1.67. The Hall–Kier alpha value is -1.06. The van der Waals surface area contributed by atoms with Gasteiger partial charge in [0, 0.05) is 6.54 Å². The Morgan fingerprint density at radius 3 is 2.43 bits per heavy atom. The fourth-order valence-corrected chi connectivity index (χ4v) is 1.80. The average Bonchev–Trinajstić information content (AvgIpc) is 2.95. The zero-order chi connectivity index (χ0) is 10.3. The van der Waals surface area contributed by atoms with Gasteiger partial charge in [0.15, 0.2) is 0 Å². The zero-order valence-electron chi connectivity index (χ0n) is 8.19. The topological polar surface area (TPSA) is 66.4 Å². The van der Waals surface area contributed by atoms with Crippen molar-refractivity contribution in [2.75, 3.05) is 6.54 Å². The lowest BCUT2D eigenvalue weighted by Crippen LogP contribution is -2.28. The lowest BCUT2D eigenvalue weighted by Gasteiger charge is -2.02. The summed E-state index contributed by atoms with van der Waals surface area (Å²) in [4.78, 5) is 21.9. The molecule has 4 atom stereocenters. The summed E-state index contributed by atoms with van der Waals surface area (Å²) in [6.45, 7) is 2.89. The highest BCUT2D eigenvalue weighted by atomic mass is 16.4. The molecule has 0 aromatic heterocycles. The number of amides is 1. The number of carbonyl (C=O) groups is 2. The highest BCUT2D eigenvalue weighted by Crippen LogP contribution is 2.40. The molecular formula is C10H15NO3. The smallest absolute Gasteiger partial charge is 0.307 e. The van der Waals surface area contributed by atoms with E-state index in [2.05, 4.69) is 12.2 Å². The number of hydrogen-bond donors (Lipinski definition) is 2. The number of nitrogens with one attached hydrogen (secondary N) is 1. The molecule has 2 rings (SSSR count). The molecule has 0 heterocycles. The first-order valence-corrected chi connectivity index (χ1v) is 5.10. The van der Waals surface area contributed by atoms with E-state index in [-0.39, 0.29) is 11.8 Å². The van der Waals surface area contributed by atoms with E-state index in [1.54, 1.807) is 0 Å². The van der Waals surface area contributed by atoms with Gasteiger partial charge in [0.05, 0.1) is 11.8 Å². The zero-order valence-corrected chi connectivity index (χ0v) is 8.19. The van der Waals surface area contributed by atoms with Crippen LogP contribution in [0.3, 0.4) is 0 Å². The van der Waals surface area contributed by atoms with Gasteiger partial charge in [0.25, 0.3) is 0 Å². The van der Waals surface area contributed by atoms with Crippen LogP contribution < -0.4 is 5.32 Å². The van der Waals surface area contributed by atoms with E-state index in [0.717, 1.165) is 12.5 Å². The van der Waals surface area contributed by atoms with Gasteiger partial charge >= 0.3 is 5.97 Å². The normalized spacial score (nSPS) is 38.9. The fraction of sp³-hybridized carbons (Fsp3) is 0.800. The summed E-state index contributed by atoms with van der Waals surface area (Å²) < 4.78 is 0. The van der Waals surface area contributed by atoms with Crippen LogP contribution in [0.5, 0.6) is 0 Å². The van der Waals surface area contributed by atoms with Crippen molar-refractivity contribution < 1.29 is 14.7 Å². The SMILES string of the molecule is CC1CC1CNC(=O)[C@@H]1C[C@@H]1C(=O)O. The second-order valence-corrected chi connectivity index (χ2v) is 4.51. The number of carboxylic acids is 1. The molecule has 1 amide bonds. The lowest BCUT2D eigenvalue weighted by molar-refractivity contribution is -0.140. The lowest BCUT2D eigenvalue weighted by atomic mass is 10.3. The number of carbonyl (C=O) groups excluding carboxylic acids is 1. The Labute approximate surface area is 82.7 Å². The van der Waals surface area contributed by atoms with E-state index >= 15 is 0 Å². The quantitative estimate of drug-likeness (QED) is 0.688. The minimum absolute atomic E-state index is 0.0727. The molecule has 2 fully saturated rings. The molecule has 2 saturated carbocycles. The Bertz CT molecular complexity index is 277. The number of rotatable bonds is 4. The van der Waals surface area contributed by atoms with Crippen LogP contribution in [-0.4, -0.2) is 23.5 Å². The van der Waals surface area contributed by atoms with E-state index < -0.39 is 11.9 Å². The van der Waals surface area contributed by atoms with Crippen molar-refractivity contribution in [1.29, 1.82) is 0 Å². The molecule has 4 nitrogen and oxygen atoms in total. The second kappa shape index (κ2) is 3.26. The van der Waals surface area contributed by atoms with Crippen molar-refractivity contribution >= 4 is 11.9 Å². The van der Waals surface area contributed by atoms with Gasteiger partial charge in [-0.2, -0.15) is 0 Å². The van der Waals surface area contributed by atoms with Gasteiger partial charge in [-0.25, -0.2) is 0 Å². The summed E-state index contributed by atoms with van der Waals surface area (Å²) >= 11 is 0. The van der Waals surface area contributed by atoms with Gasteiger partial charge in [-0.05, 0) is 24.7 Å². The molecule has 0 aromatic carbocycles. The Kier molecular flexibility index (Phi) is 2.21. The van der Waals surface area contributed by atoms with E-state index in [1.807, 2.05) is 0 Å². The van der Waals surface area contributed by atoms with E-state index in [9.17, 15) is 9.59 Å². The van der Waals surface area contributed by atoms with Crippen LogP contribution in [0.25, 0.3) is 0 Å². The van der Waals surface area contributed by atoms with Gasteiger partial charge in [-0.3, -0.25) is 9.59 Å². The van der Waals surface area contributed by atoms with Crippen molar-refractivity contribution in [3.8, 4) is 0 Å². The van der Waals surface area contributed by atoms with Crippen molar-refractivity contribution in [2.24, 2.45) is 23.7 Å². The minimum atomic E-state index is -0.843. The third kappa shape index (κ3) is 1.89. The summed E-state index contributed by atoms with van der Waals surface area (Å²) in [5.41, 5.74) is 0. The molecule has 2 aliphatic carbocycles. The first kappa shape index (κ1) is 9.49. The standard InChI is InChI=1S/C10H15NO3/c1-5-2-6(5)4-11-9(12)7-3-8(7)10(13)14/h5-8H,2-4H2,1H3,(H,11,12)(H,13,14)/t5?,6?,7-,8+/m1/s1. The summed E-state index contributed by atoms with van der Waals surface area (Å²) in [5, 5.41) is 11.4. The highest BCUT2D eigenvalue weighted by Gasteiger charge is 2.48. The highest BCUT2D eigenvalue weighted by molar-refractivity contribution is 5.89. The van der Waals surface area contributed by atoms with Crippen LogP contribution in [0, 0.1) is 23.7 Å². The van der Waals surface area contributed by atoms with Crippen molar-refractivity contribution in [1.82, 2.24) is 5.32 Å². The molecule has 2 unspecified atom stereocenters. The van der Waals surface area contributed by atoms with Gasteiger partial charge in [-0.15, -0.1) is 0 Å². The van der Waals surface area contributed by atoms with Crippen LogP contribution in [0.2, 0.25) is 0 Å². The average molecular weight is 197 g/mol. The van der Waals surface area contributed by atoms with Crippen LogP contribution in [0.1, 0.15) is 19.8 Å². The monoisotopic (exact) mass is 197 g/mol. The minimum Gasteiger partial charge on any atom is -0.481 e. The Morgan fingerprint density at radius 1 is 1.36 bits per heavy atom. The first-order valence-electron chi connectivity index (χ1n) is 5.10. The van der Waals surface area contributed by atoms with Crippen LogP contribution in [-0.2, 0) is 9.59 Å². The number of carboxylic acid groups (broad SMARTS) is 1. The summed E-state index contributed by atoms with van der Waals surface area (Å²) in [7, 11) is 0. The molecule has 0 radical (unpaired) electrons. The summed E-state index contributed by atoms with van der Waals surface area (Å²) in [6.07, 6.45) is 1.70. The second-order valence-electron chi connectivity index (χ2n) is 4.51. The van der Waals surface area contributed by atoms with Gasteiger partial charge in [-0.1, -0.05) is 6.92 Å². The third-order valence-corrected chi connectivity index (χ3v) is 3.26. The molecule has 78 valence electrons. The predicted molar refractivity (Wildman–Crippen MR) is 49.5 cm³/mol. The largest absolute Gasteiger partial charge is 0.481 e. The van der Waals surface area contributed by atoms with Crippen LogP contribution in [0.4, 0.5) is 0 Å². The predicted octanol–water partition coefficient (Wildman–Crippen LogP) is 0.479. The van der Waals surface area contributed by atoms with E-state index in [4.69, 9.17) is 5.11 Å².